The first-order valence-electron chi connectivity index (χ1n) is 6.06. The number of nitrogens with one attached hydrogen (secondary N) is 1. The zero-order chi connectivity index (χ0) is 13.9. The van der Waals surface area contributed by atoms with Crippen LogP contribution in [0.2, 0.25) is 0 Å². The van der Waals surface area contributed by atoms with Gasteiger partial charge >= 0.3 is 0 Å². The van der Waals surface area contributed by atoms with Crippen molar-refractivity contribution < 1.29 is 8.42 Å². The number of sulfonamides is 1. The van der Waals surface area contributed by atoms with E-state index in [1.165, 1.54) is 0 Å². The van der Waals surface area contributed by atoms with Crippen molar-refractivity contribution in [1.82, 2.24) is 4.83 Å². The minimum Gasteiger partial charge on any atom is -0.200 e. The molecule has 0 unspecified atom stereocenters. The van der Waals surface area contributed by atoms with Gasteiger partial charge in [0.1, 0.15) is 0 Å². The van der Waals surface area contributed by atoms with Crippen molar-refractivity contribution >= 4 is 26.5 Å². The van der Waals surface area contributed by atoms with E-state index in [1.54, 1.807) is 25.1 Å². The van der Waals surface area contributed by atoms with Crippen LogP contribution in [-0.2, 0) is 10.0 Å². The second kappa shape index (κ2) is 5.40. The van der Waals surface area contributed by atoms with Gasteiger partial charge in [0.2, 0.25) is 0 Å². The summed E-state index contributed by atoms with van der Waals surface area (Å²) < 4.78 is 24.2. The lowest BCUT2D eigenvalue weighted by Gasteiger charge is -2.06. The molecule has 100 valence electrons. The van der Waals surface area contributed by atoms with E-state index in [1.807, 2.05) is 31.2 Å². The first-order chi connectivity index (χ1) is 9.03. The first kappa shape index (κ1) is 13.5. The lowest BCUT2D eigenvalue weighted by atomic mass is 10.1. The van der Waals surface area contributed by atoms with E-state index in [4.69, 9.17) is 0 Å². The molecular weight excluding hydrogens is 260 g/mol. The van der Waals surface area contributed by atoms with Gasteiger partial charge in [-0.3, -0.25) is 0 Å². The molecule has 5 heteroatoms. The Hall–Kier alpha value is -1.88. The van der Waals surface area contributed by atoms with Crippen LogP contribution in [0.3, 0.4) is 0 Å². The molecule has 0 bridgehead atoms. The molecule has 1 N–H and O–H groups in total. The number of hydrogen-bond acceptors (Lipinski definition) is 3. The van der Waals surface area contributed by atoms with Gasteiger partial charge in [0.25, 0.3) is 10.0 Å². The molecule has 19 heavy (non-hydrogen) atoms. The van der Waals surface area contributed by atoms with E-state index < -0.39 is 10.0 Å². The quantitative estimate of drug-likeness (QED) is 0.689. The fraction of sp³-hybridized carbons (Fsp3) is 0.214. The van der Waals surface area contributed by atoms with Gasteiger partial charge in [-0.2, -0.15) is 13.5 Å². The van der Waals surface area contributed by atoms with Crippen molar-refractivity contribution in [2.24, 2.45) is 5.10 Å². The maximum Gasteiger partial charge on any atom is 0.276 e. The molecule has 0 radical (unpaired) electrons. The number of hydrogen-bond donors (Lipinski definition) is 1. The summed E-state index contributed by atoms with van der Waals surface area (Å²) in [5.41, 5.74) is 0.740. The zero-order valence-corrected chi connectivity index (χ0v) is 11.7. The Labute approximate surface area is 113 Å². The van der Waals surface area contributed by atoms with Gasteiger partial charge in [0, 0.05) is 5.71 Å². The largest absolute Gasteiger partial charge is 0.276 e. The van der Waals surface area contributed by atoms with Crippen LogP contribution >= 0.6 is 0 Å². The van der Waals surface area contributed by atoms with E-state index in [2.05, 4.69) is 9.93 Å². The standard InChI is InChI=1S/C14H16N2O2S/c1-3-11(2)15-16-19(17,18)14-9-8-12-6-4-5-7-13(12)10-14/h4-10,16H,3H2,1-2H3/b15-11-. The van der Waals surface area contributed by atoms with E-state index in [-0.39, 0.29) is 4.90 Å². The summed E-state index contributed by atoms with van der Waals surface area (Å²) in [4.78, 5) is 2.47. The molecule has 2 aromatic carbocycles. The van der Waals surface area contributed by atoms with Gasteiger partial charge in [-0.25, -0.2) is 4.83 Å². The molecule has 0 saturated heterocycles. The van der Waals surface area contributed by atoms with Crippen LogP contribution in [0.5, 0.6) is 0 Å². The Bertz CT molecular complexity index is 721. The predicted octanol–water partition coefficient (Wildman–Crippen LogP) is 2.90. The van der Waals surface area contributed by atoms with Crippen molar-refractivity contribution in [2.45, 2.75) is 25.2 Å². The number of fused-ring (bicyclic) bond motifs is 1. The molecule has 0 saturated carbocycles. The monoisotopic (exact) mass is 276 g/mol. The van der Waals surface area contributed by atoms with Crippen LogP contribution in [0, 0.1) is 0 Å². The molecule has 0 aliphatic heterocycles. The molecule has 0 aromatic heterocycles. The highest BCUT2D eigenvalue weighted by atomic mass is 32.2. The van der Waals surface area contributed by atoms with Crippen LogP contribution in [0.25, 0.3) is 10.8 Å². The SMILES string of the molecule is CC/C(C)=N\NS(=O)(=O)c1ccc2ccccc2c1. The zero-order valence-electron chi connectivity index (χ0n) is 10.9. The number of rotatable bonds is 4. The Morgan fingerprint density at radius 2 is 1.84 bits per heavy atom. The maximum absolute atomic E-state index is 12.1. The molecular formula is C14H16N2O2S. The Morgan fingerprint density at radius 1 is 1.16 bits per heavy atom. The minimum atomic E-state index is -3.59. The molecule has 0 aliphatic rings. The van der Waals surface area contributed by atoms with Gasteiger partial charge < -0.3 is 0 Å². The van der Waals surface area contributed by atoms with Crippen LogP contribution < -0.4 is 4.83 Å². The smallest absolute Gasteiger partial charge is 0.200 e. The van der Waals surface area contributed by atoms with E-state index in [0.717, 1.165) is 16.5 Å². The molecule has 0 aliphatic carbocycles. The summed E-state index contributed by atoms with van der Waals surface area (Å²) in [6.45, 7) is 3.70. The second-order valence-corrected chi connectivity index (χ2v) is 5.97. The fourth-order valence-electron chi connectivity index (χ4n) is 1.60. The highest BCUT2D eigenvalue weighted by Crippen LogP contribution is 2.18. The Morgan fingerprint density at radius 3 is 2.53 bits per heavy atom. The Balaban J connectivity index is 2.38. The summed E-state index contributed by atoms with van der Waals surface area (Å²) in [5.74, 6) is 0. The summed E-state index contributed by atoms with van der Waals surface area (Å²) >= 11 is 0. The average Bonchev–Trinajstić information content (AvgIpc) is 2.44. The summed E-state index contributed by atoms with van der Waals surface area (Å²) in [7, 11) is -3.59. The molecule has 4 nitrogen and oxygen atoms in total. The van der Waals surface area contributed by atoms with Crippen molar-refractivity contribution in [3.8, 4) is 0 Å². The number of hydrazone groups is 1. The number of nitrogens with zero attached hydrogens (tertiary/aromatic N) is 1. The third-order valence-electron chi connectivity index (χ3n) is 2.90. The van der Waals surface area contributed by atoms with Crippen LogP contribution in [0.1, 0.15) is 20.3 Å². The molecule has 0 heterocycles. The average molecular weight is 276 g/mol. The molecule has 2 aromatic rings. The Kier molecular flexibility index (Phi) is 3.85. The van der Waals surface area contributed by atoms with E-state index in [0.29, 0.717) is 6.42 Å². The third kappa shape index (κ3) is 3.12. The first-order valence-corrected chi connectivity index (χ1v) is 7.55. The van der Waals surface area contributed by atoms with Gasteiger partial charge in [-0.05, 0) is 36.2 Å². The normalized spacial score (nSPS) is 12.6. The van der Waals surface area contributed by atoms with Gasteiger partial charge in [-0.1, -0.05) is 37.3 Å². The fourth-order valence-corrected chi connectivity index (χ4v) is 2.52. The van der Waals surface area contributed by atoms with E-state index in [9.17, 15) is 8.42 Å². The van der Waals surface area contributed by atoms with Crippen LogP contribution in [0.4, 0.5) is 0 Å². The lowest BCUT2D eigenvalue weighted by Crippen LogP contribution is -2.19. The minimum absolute atomic E-state index is 0.221. The summed E-state index contributed by atoms with van der Waals surface area (Å²) in [5, 5.41) is 5.75. The maximum atomic E-state index is 12.1. The van der Waals surface area contributed by atoms with E-state index >= 15 is 0 Å². The molecule has 0 amide bonds. The molecule has 0 spiro atoms. The van der Waals surface area contributed by atoms with Crippen LogP contribution in [0.15, 0.2) is 52.5 Å². The van der Waals surface area contributed by atoms with Crippen molar-refractivity contribution in [2.75, 3.05) is 0 Å². The third-order valence-corrected chi connectivity index (χ3v) is 4.11. The topological polar surface area (TPSA) is 58.5 Å². The molecule has 2 rings (SSSR count). The highest BCUT2D eigenvalue weighted by molar-refractivity contribution is 7.89. The summed E-state index contributed by atoms with van der Waals surface area (Å²) in [6.07, 6.45) is 0.709. The summed E-state index contributed by atoms with van der Waals surface area (Å²) in [6, 6.07) is 12.7. The van der Waals surface area contributed by atoms with Crippen molar-refractivity contribution in [3.05, 3.63) is 42.5 Å². The lowest BCUT2D eigenvalue weighted by molar-refractivity contribution is 0.584. The predicted molar refractivity (Wildman–Crippen MR) is 77.7 cm³/mol. The number of benzene rings is 2. The van der Waals surface area contributed by atoms with Crippen molar-refractivity contribution in [3.63, 3.8) is 0 Å². The second-order valence-electron chi connectivity index (χ2n) is 4.30. The highest BCUT2D eigenvalue weighted by Gasteiger charge is 2.13. The molecule has 0 fully saturated rings. The van der Waals surface area contributed by atoms with Crippen LogP contribution in [-0.4, -0.2) is 14.1 Å². The molecule has 0 atom stereocenters. The van der Waals surface area contributed by atoms with Crippen molar-refractivity contribution in [1.29, 1.82) is 0 Å². The van der Waals surface area contributed by atoms with Gasteiger partial charge in [0.05, 0.1) is 4.90 Å². The van der Waals surface area contributed by atoms with Gasteiger partial charge in [-0.15, -0.1) is 0 Å². The van der Waals surface area contributed by atoms with Gasteiger partial charge in [0.15, 0.2) is 0 Å².